The van der Waals surface area contributed by atoms with Crippen LogP contribution >= 0.6 is 11.6 Å². The van der Waals surface area contributed by atoms with Gasteiger partial charge in [0.15, 0.2) is 5.58 Å². The van der Waals surface area contributed by atoms with Crippen LogP contribution in [-0.4, -0.2) is 33.9 Å². The Morgan fingerprint density at radius 1 is 1.21 bits per heavy atom. The number of carbonyl (C=O) groups excluding carboxylic acids is 1. The number of hydrogen-bond donors (Lipinski definition) is 2. The van der Waals surface area contributed by atoms with Crippen molar-refractivity contribution < 1.29 is 28.2 Å². The second-order valence-electron chi connectivity index (χ2n) is 7.06. The molecule has 0 bridgehead atoms. The fourth-order valence-corrected chi connectivity index (χ4v) is 3.61. The average Bonchev–Trinajstić information content (AvgIpc) is 3.14. The van der Waals surface area contributed by atoms with Crippen molar-refractivity contribution in [2.24, 2.45) is 0 Å². The molecule has 34 heavy (non-hydrogen) atoms. The molecular formula is C23H18ClFN4O5. The van der Waals surface area contributed by atoms with Gasteiger partial charge in [-0.2, -0.15) is 0 Å². The van der Waals surface area contributed by atoms with Gasteiger partial charge >= 0.3 is 12.2 Å². The lowest BCUT2D eigenvalue weighted by Gasteiger charge is -2.20. The second-order valence-corrected chi connectivity index (χ2v) is 7.47. The number of fused-ring (bicyclic) bond motifs is 1. The van der Waals surface area contributed by atoms with E-state index in [1.165, 1.54) is 12.3 Å². The molecule has 4 aromatic rings. The molecule has 0 atom stereocenters. The largest absolute Gasteiger partial charge is 0.464 e. The van der Waals surface area contributed by atoms with Crippen LogP contribution in [0.4, 0.5) is 31.2 Å². The van der Waals surface area contributed by atoms with E-state index in [0.29, 0.717) is 16.6 Å². The normalized spacial score (nSPS) is 10.8. The Bertz CT molecular complexity index is 1410. The zero-order chi connectivity index (χ0) is 24.4. The van der Waals surface area contributed by atoms with Crippen molar-refractivity contribution in [2.75, 3.05) is 16.8 Å². The molecule has 0 aliphatic heterocycles. The smallest absolute Gasteiger partial charge is 0.416 e. The van der Waals surface area contributed by atoms with Crippen molar-refractivity contribution in [1.29, 1.82) is 0 Å². The SMILES string of the molecule is CCOC(=O)Nc1oc2c(-c3ccnc(C)c3)nccc2c1N(C(=O)O)c1ccc(F)c(Cl)c1. The number of furan rings is 1. The Labute approximate surface area is 197 Å². The van der Waals surface area contributed by atoms with Gasteiger partial charge in [-0.25, -0.2) is 18.9 Å². The van der Waals surface area contributed by atoms with Crippen LogP contribution in [0.1, 0.15) is 12.6 Å². The maximum absolute atomic E-state index is 13.8. The number of carboxylic acid groups (broad SMARTS) is 1. The molecule has 3 aromatic heterocycles. The Kier molecular flexibility index (Phi) is 6.33. The van der Waals surface area contributed by atoms with Crippen LogP contribution < -0.4 is 10.2 Å². The monoisotopic (exact) mass is 484 g/mol. The zero-order valence-electron chi connectivity index (χ0n) is 18.0. The van der Waals surface area contributed by atoms with Gasteiger partial charge in [-0.15, -0.1) is 0 Å². The Morgan fingerprint density at radius 2 is 1.97 bits per heavy atom. The number of carbonyl (C=O) groups is 2. The lowest BCUT2D eigenvalue weighted by atomic mass is 10.1. The first-order chi connectivity index (χ1) is 16.3. The molecule has 2 N–H and O–H groups in total. The standard InChI is InChI=1S/C23H18ClFN4O5/c1-3-33-22(30)28-21-19(29(23(31)32)14-4-5-17(25)16(24)11-14)15-7-9-27-18(20(15)34-21)13-6-8-26-12(2)10-13/h4-11H,3H2,1-2H3,(H,28,30)(H,31,32). The number of benzene rings is 1. The van der Waals surface area contributed by atoms with E-state index in [4.69, 9.17) is 20.8 Å². The first kappa shape index (κ1) is 23.0. The average molecular weight is 485 g/mol. The van der Waals surface area contributed by atoms with Gasteiger partial charge in [0.2, 0.25) is 5.88 Å². The minimum Gasteiger partial charge on any atom is -0.464 e. The van der Waals surface area contributed by atoms with Gasteiger partial charge in [0.05, 0.1) is 22.7 Å². The molecule has 0 saturated carbocycles. The van der Waals surface area contributed by atoms with E-state index >= 15 is 0 Å². The Morgan fingerprint density at radius 3 is 2.65 bits per heavy atom. The summed E-state index contributed by atoms with van der Waals surface area (Å²) in [6.45, 7) is 3.52. The molecule has 4 rings (SSSR count). The molecule has 9 nitrogen and oxygen atoms in total. The molecule has 0 radical (unpaired) electrons. The third kappa shape index (κ3) is 4.35. The third-order valence-electron chi connectivity index (χ3n) is 4.82. The minimum absolute atomic E-state index is 0.0207. The molecule has 0 spiro atoms. The van der Waals surface area contributed by atoms with Gasteiger partial charge in [-0.05, 0) is 50.2 Å². The molecule has 174 valence electrons. The Balaban J connectivity index is 1.99. The van der Waals surface area contributed by atoms with Crippen molar-refractivity contribution in [3.05, 3.63) is 65.3 Å². The molecule has 0 aliphatic carbocycles. The number of rotatable bonds is 5. The predicted molar refractivity (Wildman–Crippen MR) is 124 cm³/mol. The van der Waals surface area contributed by atoms with Crippen LogP contribution in [-0.2, 0) is 4.74 Å². The number of anilines is 3. The summed E-state index contributed by atoms with van der Waals surface area (Å²) in [6.07, 6.45) is 0.824. The Hall–Kier alpha value is -4.18. The van der Waals surface area contributed by atoms with Crippen molar-refractivity contribution in [2.45, 2.75) is 13.8 Å². The summed E-state index contributed by atoms with van der Waals surface area (Å²) in [5.41, 5.74) is 2.05. The van der Waals surface area contributed by atoms with Crippen LogP contribution in [0.15, 0.2) is 53.2 Å². The summed E-state index contributed by atoms with van der Waals surface area (Å²) in [4.78, 5) is 34.0. The number of halogens is 2. The van der Waals surface area contributed by atoms with E-state index in [-0.39, 0.29) is 34.5 Å². The molecule has 0 unspecified atom stereocenters. The molecule has 2 amide bonds. The maximum Gasteiger partial charge on any atom is 0.416 e. The highest BCUT2D eigenvalue weighted by atomic mass is 35.5. The van der Waals surface area contributed by atoms with Crippen LogP contribution in [0.25, 0.3) is 22.2 Å². The van der Waals surface area contributed by atoms with E-state index in [9.17, 15) is 19.1 Å². The molecule has 11 heteroatoms. The number of ether oxygens (including phenoxy) is 1. The molecule has 3 heterocycles. The highest BCUT2D eigenvalue weighted by molar-refractivity contribution is 6.31. The maximum atomic E-state index is 13.8. The summed E-state index contributed by atoms with van der Waals surface area (Å²) >= 11 is 5.90. The second kappa shape index (κ2) is 9.36. The van der Waals surface area contributed by atoms with Crippen LogP contribution in [0.2, 0.25) is 5.02 Å². The summed E-state index contributed by atoms with van der Waals surface area (Å²) in [5.74, 6) is -0.909. The van der Waals surface area contributed by atoms with E-state index in [2.05, 4.69) is 15.3 Å². The van der Waals surface area contributed by atoms with Crippen molar-refractivity contribution >= 4 is 52.0 Å². The minimum atomic E-state index is -1.42. The highest BCUT2D eigenvalue weighted by Gasteiger charge is 2.30. The number of hydrogen-bond acceptors (Lipinski definition) is 6. The van der Waals surface area contributed by atoms with Crippen LogP contribution in [0.5, 0.6) is 0 Å². The van der Waals surface area contributed by atoms with Crippen molar-refractivity contribution in [3.8, 4) is 11.3 Å². The van der Waals surface area contributed by atoms with E-state index in [0.717, 1.165) is 22.7 Å². The lowest BCUT2D eigenvalue weighted by molar-refractivity contribution is 0.167. The van der Waals surface area contributed by atoms with Gasteiger partial charge in [-0.1, -0.05) is 11.6 Å². The van der Waals surface area contributed by atoms with E-state index < -0.39 is 18.0 Å². The lowest BCUT2D eigenvalue weighted by Crippen LogP contribution is -2.25. The van der Waals surface area contributed by atoms with Gasteiger partial charge in [0, 0.05) is 23.7 Å². The number of aromatic nitrogens is 2. The molecule has 1 aromatic carbocycles. The third-order valence-corrected chi connectivity index (χ3v) is 5.11. The zero-order valence-corrected chi connectivity index (χ0v) is 18.8. The van der Waals surface area contributed by atoms with Gasteiger partial charge in [0.1, 0.15) is 17.2 Å². The van der Waals surface area contributed by atoms with Crippen LogP contribution in [0.3, 0.4) is 0 Å². The number of pyridine rings is 2. The number of nitrogens with one attached hydrogen (secondary N) is 1. The first-order valence-corrected chi connectivity index (χ1v) is 10.4. The molecule has 0 aliphatic rings. The summed E-state index contributed by atoms with van der Waals surface area (Å²) in [5, 5.41) is 12.6. The van der Waals surface area contributed by atoms with Crippen molar-refractivity contribution in [3.63, 3.8) is 0 Å². The highest BCUT2D eigenvalue weighted by Crippen LogP contribution is 2.44. The number of aryl methyl sites for hydroxylation is 1. The van der Waals surface area contributed by atoms with Gasteiger partial charge < -0.3 is 14.3 Å². The topological polar surface area (TPSA) is 118 Å². The van der Waals surface area contributed by atoms with E-state index in [1.54, 1.807) is 31.3 Å². The van der Waals surface area contributed by atoms with Gasteiger partial charge in [-0.3, -0.25) is 15.3 Å². The quantitative estimate of drug-likeness (QED) is 0.337. The van der Waals surface area contributed by atoms with Crippen LogP contribution in [0, 0.1) is 12.7 Å². The van der Waals surface area contributed by atoms with Crippen molar-refractivity contribution in [1.82, 2.24) is 9.97 Å². The van der Waals surface area contributed by atoms with Gasteiger partial charge in [0.25, 0.3) is 0 Å². The predicted octanol–water partition coefficient (Wildman–Crippen LogP) is 6.38. The molecule has 0 saturated heterocycles. The fourth-order valence-electron chi connectivity index (χ4n) is 3.44. The number of nitrogens with zero attached hydrogens (tertiary/aromatic N) is 3. The number of amides is 2. The molecular weight excluding hydrogens is 467 g/mol. The van der Waals surface area contributed by atoms with E-state index in [1.807, 2.05) is 6.92 Å². The molecule has 0 fully saturated rings. The fraction of sp³-hybridized carbons (Fsp3) is 0.130. The summed E-state index contributed by atoms with van der Waals surface area (Å²) in [7, 11) is 0. The summed E-state index contributed by atoms with van der Waals surface area (Å²) in [6, 6.07) is 8.51. The first-order valence-electron chi connectivity index (χ1n) is 10.1. The summed E-state index contributed by atoms with van der Waals surface area (Å²) < 4.78 is 24.6.